The predicted molar refractivity (Wildman–Crippen MR) is 195 cm³/mol. The van der Waals surface area contributed by atoms with E-state index in [0.29, 0.717) is 17.8 Å². The lowest BCUT2D eigenvalue weighted by molar-refractivity contribution is 0.398. The highest BCUT2D eigenvalue weighted by molar-refractivity contribution is 5.93. The van der Waals surface area contributed by atoms with E-state index in [9.17, 15) is 0 Å². The molecule has 6 unspecified atom stereocenters. The molecule has 3 aromatic carbocycles. The van der Waals surface area contributed by atoms with Crippen molar-refractivity contribution in [3.63, 3.8) is 0 Å². The van der Waals surface area contributed by atoms with Crippen LogP contribution in [0.3, 0.4) is 0 Å². The Morgan fingerprint density at radius 2 is 1.50 bits per heavy atom. The minimum atomic E-state index is -0.134. The van der Waals surface area contributed by atoms with Gasteiger partial charge in [0.05, 0.1) is 0 Å². The van der Waals surface area contributed by atoms with Crippen LogP contribution in [-0.4, -0.2) is 0 Å². The Kier molecular flexibility index (Phi) is 5.76. The highest BCUT2D eigenvalue weighted by Gasteiger charge is 2.72. The number of hydrogen-bond acceptors (Lipinski definition) is 0. The van der Waals surface area contributed by atoms with Gasteiger partial charge in [-0.15, -0.1) is 0 Å². The van der Waals surface area contributed by atoms with Gasteiger partial charge in [-0.05, 0) is 125 Å². The van der Waals surface area contributed by atoms with Crippen molar-refractivity contribution < 1.29 is 0 Å². The van der Waals surface area contributed by atoms with Gasteiger partial charge >= 0.3 is 0 Å². The van der Waals surface area contributed by atoms with Crippen molar-refractivity contribution in [1.29, 1.82) is 0 Å². The minimum Gasteiger partial charge on any atom is -0.0758 e. The molecular formula is C46H46. The van der Waals surface area contributed by atoms with Gasteiger partial charge in [0.1, 0.15) is 0 Å². The van der Waals surface area contributed by atoms with E-state index in [-0.39, 0.29) is 16.2 Å². The van der Waals surface area contributed by atoms with Crippen LogP contribution in [0.15, 0.2) is 131 Å². The van der Waals surface area contributed by atoms with Crippen LogP contribution in [0.4, 0.5) is 0 Å². The lowest BCUT2D eigenvalue weighted by atomic mass is 9.56. The molecular weight excluding hydrogens is 553 g/mol. The Bertz CT molecular complexity index is 2220. The topological polar surface area (TPSA) is 0 Å². The number of benzene rings is 3. The van der Waals surface area contributed by atoms with E-state index < -0.39 is 0 Å². The third-order valence-corrected chi connectivity index (χ3v) is 13.5. The molecule has 2 fully saturated rings. The van der Waals surface area contributed by atoms with Crippen molar-refractivity contribution >= 4 is 21.9 Å². The van der Waals surface area contributed by atoms with Gasteiger partial charge in [-0.2, -0.15) is 0 Å². The average molecular weight is 599 g/mol. The molecule has 0 N–H and O–H groups in total. The summed E-state index contributed by atoms with van der Waals surface area (Å²) in [6, 6.07) is 23.5. The highest BCUT2D eigenvalue weighted by atomic mass is 14.7. The van der Waals surface area contributed by atoms with E-state index in [1.165, 1.54) is 56.3 Å². The maximum absolute atomic E-state index is 2.63. The summed E-state index contributed by atoms with van der Waals surface area (Å²) in [4.78, 5) is 0. The van der Waals surface area contributed by atoms with Gasteiger partial charge in [-0.25, -0.2) is 0 Å². The molecule has 0 spiro atoms. The zero-order valence-electron chi connectivity index (χ0n) is 28.6. The van der Waals surface area contributed by atoms with Crippen LogP contribution in [0.25, 0.3) is 21.9 Å². The molecule has 9 rings (SSSR count). The van der Waals surface area contributed by atoms with E-state index in [1.54, 1.807) is 33.4 Å². The summed E-state index contributed by atoms with van der Waals surface area (Å²) in [6.07, 6.45) is 18.0. The summed E-state index contributed by atoms with van der Waals surface area (Å²) in [6.45, 7) is 17.1. The summed E-state index contributed by atoms with van der Waals surface area (Å²) in [5.41, 5.74) is 15.4. The smallest absolute Gasteiger partial charge is 0.0274 e. The number of aryl methyl sites for hydroxylation is 1. The molecule has 0 radical (unpaired) electrons. The molecule has 0 heteroatoms. The molecule has 0 amide bonds. The quantitative estimate of drug-likeness (QED) is 0.280. The first-order valence-corrected chi connectivity index (χ1v) is 17.7. The van der Waals surface area contributed by atoms with Crippen LogP contribution in [0.1, 0.15) is 71.9 Å². The fraction of sp³-hybridized carbons (Fsp3) is 0.348. The molecule has 6 aliphatic rings. The molecule has 2 saturated carbocycles. The fourth-order valence-corrected chi connectivity index (χ4v) is 11.3. The molecule has 230 valence electrons. The SMILES string of the molecule is CCC1=c2ccccc2=C(C2=C(C)C(C3(C)C=CC(C)=C4C=CC=CC43)=C(C)C3(c4ccc(C)c5ccccc45)CC23C)C2CC12. The summed E-state index contributed by atoms with van der Waals surface area (Å²) in [5.74, 6) is 1.68. The van der Waals surface area contributed by atoms with Gasteiger partial charge in [0.25, 0.3) is 0 Å². The molecule has 0 aromatic heterocycles. The molecule has 46 heavy (non-hydrogen) atoms. The predicted octanol–water partition coefficient (Wildman–Crippen LogP) is 10.1. The highest BCUT2D eigenvalue weighted by Crippen LogP contribution is 2.79. The van der Waals surface area contributed by atoms with Gasteiger partial charge in [0.15, 0.2) is 0 Å². The fourth-order valence-electron chi connectivity index (χ4n) is 11.3. The van der Waals surface area contributed by atoms with Crippen molar-refractivity contribution in [3.8, 4) is 0 Å². The zero-order chi connectivity index (χ0) is 31.7. The molecule has 0 bridgehead atoms. The summed E-state index contributed by atoms with van der Waals surface area (Å²) in [7, 11) is 0. The van der Waals surface area contributed by atoms with Gasteiger partial charge in [-0.3, -0.25) is 0 Å². The number of fused-ring (bicyclic) bond motifs is 5. The summed E-state index contributed by atoms with van der Waals surface area (Å²) < 4.78 is 0. The molecule has 0 saturated heterocycles. The van der Waals surface area contributed by atoms with Gasteiger partial charge in [0.2, 0.25) is 0 Å². The van der Waals surface area contributed by atoms with E-state index in [4.69, 9.17) is 0 Å². The molecule has 0 nitrogen and oxygen atoms in total. The molecule has 3 aromatic rings. The molecule has 6 atom stereocenters. The Morgan fingerprint density at radius 3 is 2.28 bits per heavy atom. The first kappa shape index (κ1) is 28.3. The van der Waals surface area contributed by atoms with Crippen molar-refractivity contribution in [2.24, 2.45) is 28.6 Å². The largest absolute Gasteiger partial charge is 0.0758 e. The van der Waals surface area contributed by atoms with Crippen molar-refractivity contribution in [2.45, 2.75) is 73.1 Å². The van der Waals surface area contributed by atoms with E-state index in [1.807, 2.05) is 0 Å². The van der Waals surface area contributed by atoms with Crippen LogP contribution in [0.5, 0.6) is 0 Å². The van der Waals surface area contributed by atoms with Crippen molar-refractivity contribution in [1.82, 2.24) is 0 Å². The first-order chi connectivity index (χ1) is 22.2. The Morgan fingerprint density at radius 1 is 0.761 bits per heavy atom. The van der Waals surface area contributed by atoms with E-state index in [2.05, 4.69) is 146 Å². The Hall–Kier alpha value is -3.90. The number of allylic oxidation sites excluding steroid dienone is 12. The normalized spacial score (nSPS) is 33.8. The van der Waals surface area contributed by atoms with Gasteiger partial charge < -0.3 is 0 Å². The standard InChI is InChI=1S/C46H46/c1-8-31-34-17-10-12-19-36(34)41(38-25-37(31)38)43-29(4)42(44(6)24-23-28(3)33-16-13-14-20-39(33)44)30(5)46(26-45(43,46)7)40-22-21-27(2)32-15-9-11-18-35(32)40/h9-24,37-39H,8,25-26H2,1-7H3. The van der Waals surface area contributed by atoms with Crippen LogP contribution in [-0.2, 0) is 5.41 Å². The third-order valence-electron chi connectivity index (χ3n) is 13.5. The average Bonchev–Trinajstić information content (AvgIpc) is 3.98. The monoisotopic (exact) mass is 598 g/mol. The lowest BCUT2D eigenvalue weighted by Gasteiger charge is -2.47. The summed E-state index contributed by atoms with van der Waals surface area (Å²) in [5, 5.41) is 5.87. The van der Waals surface area contributed by atoms with Crippen molar-refractivity contribution in [2.75, 3.05) is 0 Å². The van der Waals surface area contributed by atoms with E-state index in [0.717, 1.165) is 6.42 Å². The van der Waals surface area contributed by atoms with Crippen LogP contribution < -0.4 is 10.4 Å². The second-order valence-corrected chi connectivity index (χ2v) is 15.7. The lowest BCUT2D eigenvalue weighted by Crippen LogP contribution is -2.39. The molecule has 0 heterocycles. The minimum absolute atomic E-state index is 0.0347. The maximum atomic E-state index is 2.63. The maximum Gasteiger partial charge on any atom is 0.0274 e. The van der Waals surface area contributed by atoms with Gasteiger partial charge in [-0.1, -0.05) is 129 Å². The van der Waals surface area contributed by atoms with Crippen LogP contribution >= 0.6 is 0 Å². The Labute approximate surface area is 275 Å². The van der Waals surface area contributed by atoms with Gasteiger partial charge in [0, 0.05) is 22.2 Å². The number of rotatable bonds is 4. The number of hydrogen-bond donors (Lipinski definition) is 0. The molecule has 6 aliphatic carbocycles. The second-order valence-electron chi connectivity index (χ2n) is 15.7. The van der Waals surface area contributed by atoms with Crippen LogP contribution in [0.2, 0.25) is 0 Å². The Balaban J connectivity index is 1.40. The second kappa shape index (κ2) is 9.34. The van der Waals surface area contributed by atoms with Crippen molar-refractivity contribution in [3.05, 3.63) is 152 Å². The van der Waals surface area contributed by atoms with Crippen LogP contribution in [0, 0.1) is 35.5 Å². The first-order valence-electron chi connectivity index (χ1n) is 17.7. The zero-order valence-corrected chi connectivity index (χ0v) is 28.6. The summed E-state index contributed by atoms with van der Waals surface area (Å²) >= 11 is 0. The molecule has 0 aliphatic heterocycles. The third kappa shape index (κ3) is 3.36. The van der Waals surface area contributed by atoms with E-state index >= 15 is 0 Å².